The van der Waals surface area contributed by atoms with E-state index in [1.165, 1.54) is 6.07 Å². The molecule has 1 aliphatic heterocycles. The number of pyridine rings is 1. The third-order valence-electron chi connectivity index (χ3n) is 6.51. The van der Waals surface area contributed by atoms with Crippen molar-refractivity contribution in [2.24, 2.45) is 0 Å². The normalized spacial score (nSPS) is 16.8. The summed E-state index contributed by atoms with van der Waals surface area (Å²) in [6.45, 7) is 2.37. The van der Waals surface area contributed by atoms with Gasteiger partial charge in [0.05, 0.1) is 28.4 Å². The van der Waals surface area contributed by atoms with Crippen LogP contribution in [-0.2, 0) is 4.79 Å². The Bertz CT molecular complexity index is 1470. The van der Waals surface area contributed by atoms with Crippen molar-refractivity contribution >= 4 is 34.6 Å². The number of benzene rings is 2. The number of amides is 1. The lowest BCUT2D eigenvalue weighted by Crippen LogP contribution is -2.33. The molecule has 10 heteroatoms. The molecule has 2 N–H and O–H groups in total. The Morgan fingerprint density at radius 3 is 2.66 bits per heavy atom. The van der Waals surface area contributed by atoms with E-state index < -0.39 is 4.92 Å². The highest BCUT2D eigenvalue weighted by atomic mass is 32.1. The van der Waals surface area contributed by atoms with Crippen LogP contribution in [0.2, 0.25) is 0 Å². The molecule has 0 bridgehead atoms. The SMILES string of the molecule is Cc1ccc(NC(=O)CCN2C(=S)N[C@@H](c3ccccn3)[C@@H]2c2cccn2-c2cccc([N+](=O)[O-])c2)cc1. The smallest absolute Gasteiger partial charge is 0.271 e. The van der Waals surface area contributed by atoms with Crippen molar-refractivity contribution in [1.29, 1.82) is 0 Å². The molecule has 1 fully saturated rings. The number of aromatic nitrogens is 2. The number of nitrogens with zero attached hydrogens (tertiary/aromatic N) is 4. The van der Waals surface area contributed by atoms with Crippen LogP contribution in [0, 0.1) is 17.0 Å². The fourth-order valence-corrected chi connectivity index (χ4v) is 5.01. The molecule has 0 unspecified atom stereocenters. The zero-order chi connectivity index (χ0) is 26.6. The summed E-state index contributed by atoms with van der Waals surface area (Å²) in [4.78, 5) is 30.4. The number of hydrogen-bond acceptors (Lipinski definition) is 5. The monoisotopic (exact) mass is 526 g/mol. The molecule has 1 saturated heterocycles. The lowest BCUT2D eigenvalue weighted by molar-refractivity contribution is -0.384. The van der Waals surface area contributed by atoms with Crippen molar-refractivity contribution in [2.75, 3.05) is 11.9 Å². The number of carbonyl (C=O) groups excluding carboxylic acids is 1. The van der Waals surface area contributed by atoms with E-state index in [0.29, 0.717) is 17.3 Å². The molecule has 0 aliphatic carbocycles. The van der Waals surface area contributed by atoms with Gasteiger partial charge in [-0.25, -0.2) is 0 Å². The highest BCUT2D eigenvalue weighted by Gasteiger charge is 2.41. The highest BCUT2D eigenvalue weighted by Crippen LogP contribution is 2.39. The predicted molar refractivity (Wildman–Crippen MR) is 149 cm³/mol. The van der Waals surface area contributed by atoms with E-state index >= 15 is 0 Å². The van der Waals surface area contributed by atoms with Gasteiger partial charge in [-0.3, -0.25) is 19.9 Å². The second kappa shape index (κ2) is 10.8. The van der Waals surface area contributed by atoms with Crippen LogP contribution in [0.5, 0.6) is 0 Å². The Kier molecular flexibility index (Phi) is 7.14. The maximum Gasteiger partial charge on any atom is 0.271 e. The molecule has 3 heterocycles. The van der Waals surface area contributed by atoms with Crippen molar-refractivity contribution in [2.45, 2.75) is 25.4 Å². The van der Waals surface area contributed by atoms with Crippen LogP contribution < -0.4 is 10.6 Å². The first-order valence-corrected chi connectivity index (χ1v) is 12.6. The number of nitrogens with one attached hydrogen (secondary N) is 2. The first-order valence-electron chi connectivity index (χ1n) is 12.2. The summed E-state index contributed by atoms with van der Waals surface area (Å²) < 4.78 is 1.92. The summed E-state index contributed by atoms with van der Waals surface area (Å²) in [6.07, 6.45) is 3.82. The topological polar surface area (TPSA) is 105 Å². The number of carbonyl (C=O) groups is 1. The summed E-state index contributed by atoms with van der Waals surface area (Å²) in [5, 5.41) is 18.3. The number of thiocarbonyl (C=S) groups is 1. The average molecular weight is 527 g/mol. The number of anilines is 1. The summed E-state index contributed by atoms with van der Waals surface area (Å²) in [5.74, 6) is -0.120. The van der Waals surface area contributed by atoms with Crippen LogP contribution in [0.3, 0.4) is 0 Å². The predicted octanol–water partition coefficient (Wildman–Crippen LogP) is 5.09. The van der Waals surface area contributed by atoms with Crippen molar-refractivity contribution in [3.05, 3.63) is 118 Å². The lowest BCUT2D eigenvalue weighted by Gasteiger charge is -2.28. The zero-order valence-electron chi connectivity index (χ0n) is 20.7. The summed E-state index contributed by atoms with van der Waals surface area (Å²) >= 11 is 5.74. The van der Waals surface area contributed by atoms with Crippen molar-refractivity contribution in [1.82, 2.24) is 19.8 Å². The second-order valence-corrected chi connectivity index (χ2v) is 9.45. The number of hydrogen-bond donors (Lipinski definition) is 2. The molecule has 0 saturated carbocycles. The standard InChI is InChI=1S/C28H26N6O3S/c1-19-10-12-20(13-11-19)30-25(35)14-17-33-27(26(31-28(33)38)23-8-2-3-15-29-23)24-9-5-16-32(24)21-6-4-7-22(18-21)34(36)37/h2-13,15-16,18,26-27H,14,17H2,1H3,(H,30,35)(H,31,38)/t26-,27-/m0/s1. The number of nitro groups is 1. The minimum Gasteiger partial charge on any atom is -0.352 e. The summed E-state index contributed by atoms with van der Waals surface area (Å²) in [7, 11) is 0. The molecule has 9 nitrogen and oxygen atoms in total. The van der Waals surface area contributed by atoms with E-state index in [1.807, 2.05) is 83.3 Å². The minimum atomic E-state index is -0.408. The van der Waals surface area contributed by atoms with Crippen molar-refractivity contribution in [3.8, 4) is 5.69 Å². The Morgan fingerprint density at radius 1 is 1.11 bits per heavy atom. The van der Waals surface area contributed by atoms with Crippen LogP contribution in [0.15, 0.2) is 91.3 Å². The van der Waals surface area contributed by atoms with Crippen LogP contribution >= 0.6 is 12.2 Å². The molecule has 2 atom stereocenters. The van der Waals surface area contributed by atoms with Crippen LogP contribution in [0.4, 0.5) is 11.4 Å². The van der Waals surface area contributed by atoms with Gasteiger partial charge in [0, 0.05) is 48.9 Å². The molecule has 2 aromatic heterocycles. The molecule has 2 aromatic carbocycles. The molecule has 0 radical (unpaired) electrons. The maximum absolute atomic E-state index is 12.8. The van der Waals surface area contributed by atoms with Gasteiger partial charge < -0.3 is 20.1 Å². The van der Waals surface area contributed by atoms with Crippen molar-refractivity contribution < 1.29 is 9.72 Å². The number of nitro benzene ring substituents is 1. The van der Waals surface area contributed by atoms with E-state index in [0.717, 1.165) is 22.6 Å². The largest absolute Gasteiger partial charge is 0.352 e. The van der Waals surface area contributed by atoms with Gasteiger partial charge in [-0.1, -0.05) is 29.8 Å². The lowest BCUT2D eigenvalue weighted by atomic mass is 10.0. The second-order valence-electron chi connectivity index (χ2n) is 9.06. The quantitative estimate of drug-likeness (QED) is 0.187. The molecular weight excluding hydrogens is 500 g/mol. The fraction of sp³-hybridized carbons (Fsp3) is 0.179. The maximum atomic E-state index is 12.8. The molecule has 38 heavy (non-hydrogen) atoms. The average Bonchev–Trinajstić information content (AvgIpc) is 3.53. The first kappa shape index (κ1) is 25.1. The Labute approximate surface area is 225 Å². The summed E-state index contributed by atoms with van der Waals surface area (Å²) in [6, 6.07) is 23.1. The molecule has 5 rings (SSSR count). The summed E-state index contributed by atoms with van der Waals surface area (Å²) in [5.41, 5.74) is 4.20. The third kappa shape index (κ3) is 5.25. The van der Waals surface area contributed by atoms with Gasteiger partial charge in [0.2, 0.25) is 5.91 Å². The van der Waals surface area contributed by atoms with Gasteiger partial charge in [0.15, 0.2) is 5.11 Å². The van der Waals surface area contributed by atoms with Crippen LogP contribution in [0.25, 0.3) is 5.69 Å². The van der Waals surface area contributed by atoms with Crippen LogP contribution in [0.1, 0.15) is 35.5 Å². The van der Waals surface area contributed by atoms with Gasteiger partial charge >= 0.3 is 0 Å². The van der Waals surface area contributed by atoms with Gasteiger partial charge in [0.1, 0.15) is 0 Å². The number of non-ortho nitro benzene ring substituents is 1. The fourth-order valence-electron chi connectivity index (χ4n) is 4.68. The minimum absolute atomic E-state index is 0.00752. The molecule has 4 aromatic rings. The Morgan fingerprint density at radius 2 is 1.92 bits per heavy atom. The van der Waals surface area contributed by atoms with E-state index in [2.05, 4.69) is 15.6 Å². The van der Waals surface area contributed by atoms with E-state index in [4.69, 9.17) is 12.2 Å². The third-order valence-corrected chi connectivity index (χ3v) is 6.87. The number of rotatable bonds is 8. The molecular formula is C28H26N6O3S. The molecule has 1 amide bonds. The molecule has 1 aliphatic rings. The van der Waals surface area contributed by atoms with Gasteiger partial charge in [-0.2, -0.15) is 0 Å². The van der Waals surface area contributed by atoms with E-state index in [1.54, 1.807) is 18.3 Å². The molecule has 192 valence electrons. The van der Waals surface area contributed by atoms with E-state index in [9.17, 15) is 14.9 Å². The van der Waals surface area contributed by atoms with Crippen LogP contribution in [-0.4, -0.2) is 36.9 Å². The Hall–Kier alpha value is -4.57. The van der Waals surface area contributed by atoms with Gasteiger partial charge in [0.25, 0.3) is 5.69 Å². The van der Waals surface area contributed by atoms with Crippen molar-refractivity contribution in [3.63, 3.8) is 0 Å². The van der Waals surface area contributed by atoms with Gasteiger partial charge in [-0.15, -0.1) is 0 Å². The highest BCUT2D eigenvalue weighted by molar-refractivity contribution is 7.80. The van der Waals surface area contributed by atoms with Gasteiger partial charge in [-0.05, 0) is 61.6 Å². The number of aryl methyl sites for hydroxylation is 1. The zero-order valence-corrected chi connectivity index (χ0v) is 21.5. The molecule has 0 spiro atoms. The first-order chi connectivity index (χ1) is 18.4. The Balaban J connectivity index is 1.45. The van der Waals surface area contributed by atoms with E-state index in [-0.39, 0.29) is 30.1 Å².